The van der Waals surface area contributed by atoms with Crippen LogP contribution in [0.25, 0.3) is 0 Å². The Morgan fingerprint density at radius 1 is 1.33 bits per heavy atom. The summed E-state index contributed by atoms with van der Waals surface area (Å²) in [6.07, 6.45) is 7.61. The summed E-state index contributed by atoms with van der Waals surface area (Å²) in [6.45, 7) is 2.05. The van der Waals surface area contributed by atoms with E-state index in [9.17, 15) is 9.90 Å². The fourth-order valence-corrected chi connectivity index (χ4v) is 2.98. The van der Waals surface area contributed by atoms with Crippen molar-refractivity contribution in [3.63, 3.8) is 0 Å². The molecule has 118 valence electrons. The summed E-state index contributed by atoms with van der Waals surface area (Å²) in [7, 11) is 1.63. The highest BCUT2D eigenvalue weighted by Crippen LogP contribution is 2.35. The molecule has 1 aliphatic rings. The van der Waals surface area contributed by atoms with Crippen LogP contribution in [0, 0.1) is 5.41 Å². The van der Waals surface area contributed by atoms with Crippen LogP contribution < -0.4 is 10.9 Å². The number of methoxy groups -OCH3 is 1. The Kier molecular flexibility index (Phi) is 5.82. The number of hydrogen-bond acceptors (Lipinski definition) is 4. The molecular formula is C16H26N2O3. The summed E-state index contributed by atoms with van der Waals surface area (Å²) >= 11 is 0. The molecule has 5 heteroatoms. The summed E-state index contributed by atoms with van der Waals surface area (Å²) in [5, 5.41) is 13.1. The van der Waals surface area contributed by atoms with Crippen LogP contribution in [0.2, 0.25) is 0 Å². The van der Waals surface area contributed by atoms with E-state index in [-0.39, 0.29) is 17.6 Å². The number of nitrogens with zero attached hydrogens (tertiary/aromatic N) is 1. The third kappa shape index (κ3) is 4.32. The number of pyridine rings is 1. The van der Waals surface area contributed by atoms with Gasteiger partial charge in [-0.2, -0.15) is 0 Å². The fraction of sp³-hybridized carbons (Fsp3) is 0.688. The van der Waals surface area contributed by atoms with E-state index in [1.54, 1.807) is 23.8 Å². The molecule has 1 fully saturated rings. The Morgan fingerprint density at radius 3 is 2.76 bits per heavy atom. The monoisotopic (exact) mass is 294 g/mol. The first-order valence-electron chi connectivity index (χ1n) is 7.73. The van der Waals surface area contributed by atoms with Gasteiger partial charge in [-0.15, -0.1) is 0 Å². The van der Waals surface area contributed by atoms with Gasteiger partial charge in [0.15, 0.2) is 0 Å². The van der Waals surface area contributed by atoms with Crippen LogP contribution in [0.15, 0.2) is 23.1 Å². The molecule has 0 spiro atoms. The lowest BCUT2D eigenvalue weighted by Gasteiger charge is -2.36. The zero-order valence-corrected chi connectivity index (χ0v) is 12.8. The van der Waals surface area contributed by atoms with Gasteiger partial charge >= 0.3 is 0 Å². The summed E-state index contributed by atoms with van der Waals surface area (Å²) < 4.78 is 6.67. The molecule has 0 unspecified atom stereocenters. The number of anilines is 1. The number of aliphatic hydroxyl groups excluding tert-OH is 1. The van der Waals surface area contributed by atoms with E-state index in [0.717, 1.165) is 25.1 Å². The number of aromatic nitrogens is 1. The van der Waals surface area contributed by atoms with Crippen molar-refractivity contribution in [1.82, 2.24) is 4.57 Å². The van der Waals surface area contributed by atoms with Crippen molar-refractivity contribution in [2.75, 3.05) is 32.2 Å². The molecule has 5 nitrogen and oxygen atoms in total. The number of aliphatic hydroxyl groups is 1. The van der Waals surface area contributed by atoms with Gasteiger partial charge in [0, 0.05) is 37.9 Å². The van der Waals surface area contributed by atoms with E-state index >= 15 is 0 Å². The Morgan fingerprint density at radius 2 is 2.10 bits per heavy atom. The van der Waals surface area contributed by atoms with Crippen LogP contribution in [0.1, 0.15) is 32.1 Å². The molecular weight excluding hydrogens is 268 g/mol. The molecule has 0 bridgehead atoms. The van der Waals surface area contributed by atoms with Gasteiger partial charge in [-0.25, -0.2) is 0 Å². The first kappa shape index (κ1) is 16.0. The zero-order valence-electron chi connectivity index (χ0n) is 12.8. The van der Waals surface area contributed by atoms with E-state index in [1.807, 2.05) is 6.20 Å². The highest BCUT2D eigenvalue weighted by atomic mass is 16.5. The largest absolute Gasteiger partial charge is 0.396 e. The highest BCUT2D eigenvalue weighted by molar-refractivity contribution is 5.40. The van der Waals surface area contributed by atoms with Crippen molar-refractivity contribution in [3.05, 3.63) is 28.7 Å². The van der Waals surface area contributed by atoms with Crippen LogP contribution in [0.3, 0.4) is 0 Å². The van der Waals surface area contributed by atoms with E-state index in [2.05, 4.69) is 5.32 Å². The maximum Gasteiger partial charge on any atom is 0.250 e. The Hall–Kier alpha value is -1.33. The van der Waals surface area contributed by atoms with Crippen LogP contribution in [-0.4, -0.2) is 36.5 Å². The second-order valence-corrected chi connectivity index (χ2v) is 6.01. The molecule has 0 aliphatic heterocycles. The van der Waals surface area contributed by atoms with Gasteiger partial charge in [0.1, 0.15) is 0 Å². The SMILES string of the molecule is COCCn1cc(NCC2(CO)CCCCC2)ccc1=O. The minimum Gasteiger partial charge on any atom is -0.396 e. The first-order valence-corrected chi connectivity index (χ1v) is 7.73. The lowest BCUT2D eigenvalue weighted by Crippen LogP contribution is -2.35. The normalized spacial score (nSPS) is 17.6. The van der Waals surface area contributed by atoms with Gasteiger partial charge in [0.05, 0.1) is 18.9 Å². The van der Waals surface area contributed by atoms with Crippen LogP contribution in [0.5, 0.6) is 0 Å². The first-order chi connectivity index (χ1) is 10.2. The molecule has 1 aliphatic carbocycles. The highest BCUT2D eigenvalue weighted by Gasteiger charge is 2.31. The van der Waals surface area contributed by atoms with Gasteiger partial charge in [-0.1, -0.05) is 19.3 Å². The molecule has 0 atom stereocenters. The summed E-state index contributed by atoms with van der Waals surface area (Å²) in [4.78, 5) is 11.7. The second kappa shape index (κ2) is 7.61. The molecule has 1 heterocycles. The lowest BCUT2D eigenvalue weighted by atomic mass is 9.74. The maximum absolute atomic E-state index is 11.7. The standard InChI is InChI=1S/C16H26N2O3/c1-21-10-9-18-11-14(5-6-15(18)20)17-12-16(13-19)7-3-2-4-8-16/h5-6,11,17,19H,2-4,7-10,12-13H2,1H3. The molecule has 2 rings (SSSR count). The van der Waals surface area contributed by atoms with Crippen molar-refractivity contribution in [2.24, 2.45) is 5.41 Å². The average Bonchev–Trinajstić information content (AvgIpc) is 2.54. The molecule has 21 heavy (non-hydrogen) atoms. The third-order valence-corrected chi connectivity index (χ3v) is 4.44. The van der Waals surface area contributed by atoms with E-state index in [0.29, 0.717) is 13.2 Å². The van der Waals surface area contributed by atoms with Crippen LogP contribution in [0.4, 0.5) is 5.69 Å². The predicted molar refractivity (Wildman–Crippen MR) is 83.7 cm³/mol. The van der Waals surface area contributed by atoms with Crippen molar-refractivity contribution in [1.29, 1.82) is 0 Å². The van der Waals surface area contributed by atoms with Crippen molar-refractivity contribution in [2.45, 2.75) is 38.6 Å². The second-order valence-electron chi connectivity index (χ2n) is 6.01. The van der Waals surface area contributed by atoms with Gasteiger partial charge in [0.2, 0.25) is 0 Å². The maximum atomic E-state index is 11.7. The number of ether oxygens (including phenoxy) is 1. The number of hydrogen-bond donors (Lipinski definition) is 2. The third-order valence-electron chi connectivity index (χ3n) is 4.44. The summed E-state index contributed by atoms with van der Waals surface area (Å²) in [5.41, 5.74) is 0.891. The molecule has 0 saturated heterocycles. The minimum atomic E-state index is -0.0212. The van der Waals surface area contributed by atoms with Gasteiger partial charge < -0.3 is 19.7 Å². The smallest absolute Gasteiger partial charge is 0.250 e. The van der Waals surface area contributed by atoms with Crippen molar-refractivity contribution >= 4 is 5.69 Å². The van der Waals surface area contributed by atoms with Gasteiger partial charge in [0.25, 0.3) is 5.56 Å². The van der Waals surface area contributed by atoms with Crippen molar-refractivity contribution in [3.8, 4) is 0 Å². The Labute approximate surface area is 125 Å². The number of nitrogens with one attached hydrogen (secondary N) is 1. The van der Waals surface area contributed by atoms with E-state index in [1.165, 1.54) is 19.3 Å². The lowest BCUT2D eigenvalue weighted by molar-refractivity contribution is 0.0944. The predicted octanol–water partition coefficient (Wildman–Crippen LogP) is 1.85. The van der Waals surface area contributed by atoms with Gasteiger partial charge in [-0.3, -0.25) is 4.79 Å². The topological polar surface area (TPSA) is 63.5 Å². The summed E-state index contributed by atoms with van der Waals surface area (Å²) in [5.74, 6) is 0. The average molecular weight is 294 g/mol. The van der Waals surface area contributed by atoms with Crippen molar-refractivity contribution < 1.29 is 9.84 Å². The fourth-order valence-electron chi connectivity index (χ4n) is 2.98. The van der Waals surface area contributed by atoms with Crippen LogP contribution >= 0.6 is 0 Å². The van der Waals surface area contributed by atoms with Crippen LogP contribution in [-0.2, 0) is 11.3 Å². The molecule has 1 aromatic rings. The Balaban J connectivity index is 2.00. The molecule has 2 N–H and O–H groups in total. The number of rotatable bonds is 7. The summed E-state index contributed by atoms with van der Waals surface area (Å²) in [6, 6.07) is 3.38. The molecule has 0 amide bonds. The van der Waals surface area contributed by atoms with E-state index < -0.39 is 0 Å². The molecule has 1 aromatic heterocycles. The Bertz CT molecular complexity index is 493. The van der Waals surface area contributed by atoms with Gasteiger partial charge in [-0.05, 0) is 18.9 Å². The quantitative estimate of drug-likeness (QED) is 0.805. The van der Waals surface area contributed by atoms with E-state index in [4.69, 9.17) is 4.74 Å². The minimum absolute atomic E-state index is 0.00819. The molecule has 1 saturated carbocycles. The molecule has 0 radical (unpaired) electrons. The zero-order chi connectivity index (χ0) is 15.1. The molecule has 0 aromatic carbocycles.